The van der Waals surface area contributed by atoms with Gasteiger partial charge in [-0.3, -0.25) is 0 Å². The number of nitrogens with one attached hydrogen (secondary N) is 2. The van der Waals surface area contributed by atoms with E-state index in [0.717, 1.165) is 25.3 Å². The van der Waals surface area contributed by atoms with E-state index in [9.17, 15) is 8.42 Å². The number of nitrogens with zero attached hydrogens (tertiary/aromatic N) is 1. The molecule has 0 bridgehead atoms. The van der Waals surface area contributed by atoms with Gasteiger partial charge >= 0.3 is 0 Å². The van der Waals surface area contributed by atoms with E-state index in [1.54, 1.807) is 19.1 Å². The van der Waals surface area contributed by atoms with Crippen LogP contribution in [0.15, 0.2) is 29.2 Å². The maximum Gasteiger partial charge on any atom is 0.242 e. The fourth-order valence-electron chi connectivity index (χ4n) is 2.36. The second-order valence-corrected chi connectivity index (χ2v) is 6.51. The summed E-state index contributed by atoms with van der Waals surface area (Å²) in [7, 11) is -3.42. The van der Waals surface area contributed by atoms with Gasteiger partial charge in [0.25, 0.3) is 0 Å². The number of hydrogen-bond acceptors (Lipinski definition) is 4. The number of hydrogen-bond donors (Lipinski definition) is 2. The number of anilines is 1. The van der Waals surface area contributed by atoms with Crippen LogP contribution in [0.1, 0.15) is 13.8 Å². The lowest BCUT2D eigenvalue weighted by atomic mass is 10.2. The Balaban J connectivity index is 2.36. The zero-order valence-corrected chi connectivity index (χ0v) is 12.2. The quantitative estimate of drug-likeness (QED) is 0.857. The van der Waals surface area contributed by atoms with Crippen LogP contribution in [0.4, 0.5) is 5.69 Å². The number of piperazine rings is 1. The Labute approximate surface area is 115 Å². The van der Waals surface area contributed by atoms with Crippen LogP contribution in [0.2, 0.25) is 0 Å². The Morgan fingerprint density at radius 3 is 2.84 bits per heavy atom. The zero-order chi connectivity index (χ0) is 13.9. The molecule has 6 heteroatoms. The van der Waals surface area contributed by atoms with Crippen molar-refractivity contribution in [1.82, 2.24) is 10.0 Å². The average molecular weight is 283 g/mol. The van der Waals surface area contributed by atoms with Gasteiger partial charge in [0.05, 0.1) is 5.69 Å². The van der Waals surface area contributed by atoms with Crippen molar-refractivity contribution in [3.8, 4) is 0 Å². The van der Waals surface area contributed by atoms with Gasteiger partial charge in [0.1, 0.15) is 4.90 Å². The van der Waals surface area contributed by atoms with E-state index < -0.39 is 10.0 Å². The van der Waals surface area contributed by atoms with Crippen molar-refractivity contribution in [2.45, 2.75) is 24.8 Å². The van der Waals surface area contributed by atoms with E-state index in [1.807, 2.05) is 12.1 Å². The predicted molar refractivity (Wildman–Crippen MR) is 77.0 cm³/mol. The molecule has 1 aliphatic heterocycles. The molecule has 1 atom stereocenters. The van der Waals surface area contributed by atoms with E-state index in [4.69, 9.17) is 0 Å². The second-order valence-electron chi connectivity index (χ2n) is 4.77. The summed E-state index contributed by atoms with van der Waals surface area (Å²) in [4.78, 5) is 2.50. The van der Waals surface area contributed by atoms with E-state index in [1.165, 1.54) is 0 Å². The van der Waals surface area contributed by atoms with E-state index in [-0.39, 0.29) is 0 Å². The van der Waals surface area contributed by atoms with Crippen LogP contribution in [0.5, 0.6) is 0 Å². The summed E-state index contributed by atoms with van der Waals surface area (Å²) in [5, 5.41) is 3.36. The summed E-state index contributed by atoms with van der Waals surface area (Å²) >= 11 is 0. The zero-order valence-electron chi connectivity index (χ0n) is 11.4. The van der Waals surface area contributed by atoms with Crippen LogP contribution in [0, 0.1) is 0 Å². The molecular formula is C13H21N3O2S. The maximum atomic E-state index is 12.2. The van der Waals surface area contributed by atoms with Crippen molar-refractivity contribution in [1.29, 1.82) is 0 Å². The van der Waals surface area contributed by atoms with Gasteiger partial charge in [-0.25, -0.2) is 13.1 Å². The molecule has 0 aromatic heterocycles. The predicted octanol–water partition coefficient (Wildman–Crippen LogP) is 0.783. The van der Waals surface area contributed by atoms with Gasteiger partial charge in [0.15, 0.2) is 0 Å². The second kappa shape index (κ2) is 5.90. The first-order valence-electron chi connectivity index (χ1n) is 6.61. The molecule has 0 amide bonds. The molecule has 106 valence electrons. The minimum Gasteiger partial charge on any atom is -0.368 e. The van der Waals surface area contributed by atoms with Crippen molar-refractivity contribution < 1.29 is 8.42 Å². The third-order valence-corrected chi connectivity index (χ3v) is 4.79. The summed E-state index contributed by atoms with van der Waals surface area (Å²) in [6.45, 7) is 6.80. The summed E-state index contributed by atoms with van der Waals surface area (Å²) in [5.74, 6) is 0. The molecule has 0 radical (unpaired) electrons. The summed E-state index contributed by atoms with van der Waals surface area (Å²) in [6.07, 6.45) is 0. The first-order valence-corrected chi connectivity index (χ1v) is 8.10. The molecule has 5 nitrogen and oxygen atoms in total. The first kappa shape index (κ1) is 14.3. The highest BCUT2D eigenvalue weighted by atomic mass is 32.2. The number of sulfonamides is 1. The molecule has 19 heavy (non-hydrogen) atoms. The molecular weight excluding hydrogens is 262 g/mol. The van der Waals surface area contributed by atoms with Gasteiger partial charge in [-0.1, -0.05) is 19.1 Å². The van der Waals surface area contributed by atoms with Crippen molar-refractivity contribution in [3.05, 3.63) is 24.3 Å². The monoisotopic (exact) mass is 283 g/mol. The Morgan fingerprint density at radius 1 is 1.42 bits per heavy atom. The van der Waals surface area contributed by atoms with E-state index >= 15 is 0 Å². The highest BCUT2D eigenvalue weighted by Gasteiger charge is 2.23. The van der Waals surface area contributed by atoms with Crippen LogP contribution >= 0.6 is 0 Å². The van der Waals surface area contributed by atoms with E-state index in [2.05, 4.69) is 21.9 Å². The highest BCUT2D eigenvalue weighted by Crippen LogP contribution is 2.25. The van der Waals surface area contributed by atoms with Crippen LogP contribution in [0.25, 0.3) is 0 Å². The molecule has 0 saturated carbocycles. The van der Waals surface area contributed by atoms with Crippen molar-refractivity contribution in [2.24, 2.45) is 0 Å². The summed E-state index contributed by atoms with van der Waals surface area (Å²) < 4.78 is 27.0. The molecule has 1 saturated heterocycles. The molecule has 1 aliphatic rings. The van der Waals surface area contributed by atoms with Crippen LogP contribution in [0.3, 0.4) is 0 Å². The van der Waals surface area contributed by atoms with Crippen LogP contribution < -0.4 is 14.9 Å². The Hall–Kier alpha value is -1.11. The summed E-state index contributed by atoms with van der Waals surface area (Å²) in [5.41, 5.74) is 0.789. The van der Waals surface area contributed by atoms with Crippen molar-refractivity contribution in [3.63, 3.8) is 0 Å². The third kappa shape index (κ3) is 3.26. The molecule has 0 spiro atoms. The lowest BCUT2D eigenvalue weighted by molar-refractivity contribution is 0.482. The topological polar surface area (TPSA) is 61.4 Å². The molecule has 0 aliphatic carbocycles. The molecule has 1 fully saturated rings. The largest absolute Gasteiger partial charge is 0.368 e. The Bertz CT molecular complexity index is 530. The average Bonchev–Trinajstić information content (AvgIpc) is 2.39. The van der Waals surface area contributed by atoms with Gasteiger partial charge in [-0.15, -0.1) is 0 Å². The van der Waals surface area contributed by atoms with Crippen LogP contribution in [-0.2, 0) is 10.0 Å². The van der Waals surface area contributed by atoms with Gasteiger partial charge < -0.3 is 10.2 Å². The lowest BCUT2D eigenvalue weighted by Crippen LogP contribution is -2.49. The molecule has 1 aromatic carbocycles. The molecule has 1 heterocycles. The molecule has 2 rings (SSSR count). The number of para-hydroxylation sites is 1. The minimum absolute atomic E-state index is 0.364. The lowest BCUT2D eigenvalue weighted by Gasteiger charge is -2.34. The smallest absolute Gasteiger partial charge is 0.242 e. The van der Waals surface area contributed by atoms with E-state index in [0.29, 0.717) is 17.5 Å². The fourth-order valence-corrected chi connectivity index (χ4v) is 3.63. The third-order valence-electron chi connectivity index (χ3n) is 3.20. The van der Waals surface area contributed by atoms with Gasteiger partial charge in [-0.05, 0) is 19.1 Å². The number of rotatable bonds is 4. The Morgan fingerprint density at radius 2 is 2.16 bits per heavy atom. The number of benzene rings is 1. The Kier molecular flexibility index (Phi) is 4.44. The maximum absolute atomic E-state index is 12.2. The summed E-state index contributed by atoms with van der Waals surface area (Å²) in [6, 6.07) is 7.55. The molecule has 2 N–H and O–H groups in total. The van der Waals surface area contributed by atoms with Crippen LogP contribution in [-0.4, -0.2) is 40.6 Å². The SMILES string of the molecule is CCNS(=O)(=O)c1ccccc1N1CCN[C@@H](C)C1. The normalized spacial score (nSPS) is 20.5. The first-order chi connectivity index (χ1) is 9.04. The fraction of sp³-hybridized carbons (Fsp3) is 0.538. The highest BCUT2D eigenvalue weighted by molar-refractivity contribution is 7.89. The van der Waals surface area contributed by atoms with Gasteiger partial charge in [-0.2, -0.15) is 0 Å². The van der Waals surface area contributed by atoms with Crippen molar-refractivity contribution >= 4 is 15.7 Å². The molecule has 1 aromatic rings. The standard InChI is InChI=1S/C13H21N3O2S/c1-3-15-19(17,18)13-7-5-4-6-12(13)16-9-8-14-11(2)10-16/h4-7,11,14-15H,3,8-10H2,1-2H3/t11-/m0/s1. The van der Waals surface area contributed by atoms with Crippen molar-refractivity contribution in [2.75, 3.05) is 31.1 Å². The molecule has 0 unspecified atom stereocenters. The van der Waals surface area contributed by atoms with Gasteiger partial charge in [0.2, 0.25) is 10.0 Å². The van der Waals surface area contributed by atoms with Gasteiger partial charge in [0, 0.05) is 32.2 Å². The minimum atomic E-state index is -3.42.